The molecule has 4 aromatic rings. The minimum absolute atomic E-state index is 0.209. The molecule has 1 amide bonds. The van der Waals surface area contributed by atoms with Gasteiger partial charge in [0.15, 0.2) is 0 Å². The number of ether oxygens (including phenoxy) is 2. The van der Waals surface area contributed by atoms with Crippen molar-refractivity contribution < 1.29 is 18.5 Å². The van der Waals surface area contributed by atoms with E-state index in [1.54, 1.807) is 23.0 Å². The molecule has 2 fully saturated rings. The van der Waals surface area contributed by atoms with E-state index in [1.165, 1.54) is 0 Å². The van der Waals surface area contributed by atoms with Crippen molar-refractivity contribution >= 4 is 38.3 Å². The highest BCUT2D eigenvalue weighted by atomic mass is 32.2. The van der Waals surface area contributed by atoms with Crippen molar-refractivity contribution in [3.63, 3.8) is 0 Å². The summed E-state index contributed by atoms with van der Waals surface area (Å²) in [5, 5.41) is 7.45. The minimum atomic E-state index is -2.34. The van der Waals surface area contributed by atoms with Crippen LogP contribution in [0.3, 0.4) is 0 Å². The predicted octanol–water partition coefficient (Wildman–Crippen LogP) is 5.11. The molecule has 11 nitrogen and oxygen atoms in total. The summed E-state index contributed by atoms with van der Waals surface area (Å²) in [6.07, 6.45) is 5.27. The molecule has 3 aromatic heterocycles. The fourth-order valence-corrected chi connectivity index (χ4v) is 8.67. The number of aromatic nitrogens is 5. The third kappa shape index (κ3) is 5.42. The zero-order valence-electron chi connectivity index (χ0n) is 24.8. The van der Waals surface area contributed by atoms with Crippen LogP contribution in [0, 0.1) is 18.3 Å². The van der Waals surface area contributed by atoms with E-state index in [1.807, 2.05) is 32.2 Å². The highest BCUT2D eigenvalue weighted by molar-refractivity contribution is 7.93. The first kappa shape index (κ1) is 28.0. The Morgan fingerprint density at radius 1 is 1.14 bits per heavy atom. The van der Waals surface area contributed by atoms with Gasteiger partial charge in [0, 0.05) is 41.8 Å². The molecule has 0 unspecified atom stereocenters. The molecule has 2 bridgehead atoms. The fraction of sp³-hybridized carbons (Fsp3) is 0.484. The summed E-state index contributed by atoms with van der Waals surface area (Å²) in [7, 11) is -0.496. The van der Waals surface area contributed by atoms with Crippen LogP contribution in [-0.2, 0) is 28.1 Å². The Morgan fingerprint density at radius 3 is 2.72 bits per heavy atom. The maximum Gasteiger partial charge on any atom is 0.258 e. The number of nitrogens with zero attached hydrogens (tertiary/aromatic N) is 6. The number of imidazole rings is 1. The summed E-state index contributed by atoms with van der Waals surface area (Å²) in [5.74, 6) is 2.30. The van der Waals surface area contributed by atoms with Crippen LogP contribution in [0.4, 0.5) is 11.6 Å². The number of amides is 1. The van der Waals surface area contributed by atoms with Crippen molar-refractivity contribution in [3.05, 3.63) is 47.8 Å². The van der Waals surface area contributed by atoms with Crippen LogP contribution in [0.1, 0.15) is 48.7 Å². The van der Waals surface area contributed by atoms with Gasteiger partial charge in [-0.25, -0.2) is 13.9 Å². The zero-order chi connectivity index (χ0) is 29.8. The lowest BCUT2D eigenvalue weighted by Crippen LogP contribution is -2.47. The number of nitrogens with one attached hydrogen (secondary N) is 1. The number of benzene rings is 1. The quantitative estimate of drug-likeness (QED) is 0.320. The summed E-state index contributed by atoms with van der Waals surface area (Å²) >= 11 is 0. The van der Waals surface area contributed by atoms with Gasteiger partial charge in [0.2, 0.25) is 11.8 Å². The Kier molecular flexibility index (Phi) is 7.00. The van der Waals surface area contributed by atoms with Gasteiger partial charge < -0.3 is 14.0 Å². The molecule has 1 atom stereocenters. The number of carbonyl (C=O) groups excluding carboxylic acids is 1. The summed E-state index contributed by atoms with van der Waals surface area (Å²) < 4.78 is 33.9. The van der Waals surface area contributed by atoms with Crippen LogP contribution in [0.15, 0.2) is 40.9 Å². The zero-order valence-corrected chi connectivity index (χ0v) is 25.7. The van der Waals surface area contributed by atoms with Crippen LogP contribution >= 0.6 is 0 Å². The Labute approximate surface area is 251 Å². The Bertz CT molecular complexity index is 1830. The third-order valence-corrected chi connectivity index (χ3v) is 11.1. The molecule has 0 aliphatic carbocycles. The SMILES string of the molecule is Cc1cc2cc(n1)-c1cnn(C)c1OCCC[C@@H](C)Cn1c(nc3ccc(N=S4(=O)CCC5(CC4)COC5)cc31)NC2=O. The van der Waals surface area contributed by atoms with Gasteiger partial charge in [0.05, 0.1) is 63.7 Å². The lowest BCUT2D eigenvalue weighted by Gasteiger charge is -2.44. The Hall–Kier alpha value is -3.77. The predicted molar refractivity (Wildman–Crippen MR) is 165 cm³/mol. The molecule has 7 rings (SSSR count). The van der Waals surface area contributed by atoms with Crippen LogP contribution < -0.4 is 10.1 Å². The molecule has 6 heterocycles. The molecule has 0 radical (unpaired) electrons. The number of hydrogen-bond donors (Lipinski definition) is 1. The van der Waals surface area contributed by atoms with Gasteiger partial charge in [0.1, 0.15) is 0 Å². The first-order chi connectivity index (χ1) is 20.7. The summed E-state index contributed by atoms with van der Waals surface area (Å²) in [6.45, 7) is 6.78. The van der Waals surface area contributed by atoms with E-state index in [4.69, 9.17) is 18.8 Å². The maximum atomic E-state index is 13.7. The molecular weight excluding hydrogens is 566 g/mol. The van der Waals surface area contributed by atoms with E-state index in [0.717, 1.165) is 55.5 Å². The van der Waals surface area contributed by atoms with Crippen LogP contribution in [0.25, 0.3) is 22.3 Å². The largest absolute Gasteiger partial charge is 0.477 e. The lowest BCUT2D eigenvalue weighted by molar-refractivity contribution is -0.117. The highest BCUT2D eigenvalue weighted by Crippen LogP contribution is 2.40. The highest BCUT2D eigenvalue weighted by Gasteiger charge is 2.42. The summed E-state index contributed by atoms with van der Waals surface area (Å²) in [5.41, 5.74) is 5.06. The molecule has 43 heavy (non-hydrogen) atoms. The van der Waals surface area contributed by atoms with E-state index in [0.29, 0.717) is 59.1 Å². The van der Waals surface area contributed by atoms with Crippen molar-refractivity contribution in [1.29, 1.82) is 0 Å². The standard InChI is InChI=1S/C31H37N7O4S/c1-20-5-4-10-42-29-24(16-32-37(29)3)26-14-22(13-21(2)33-26)28(39)35-30-34-25-7-6-23(15-27(25)38(30)17-20)36-43(40)11-8-31(9-12-43)18-41-19-31/h6-7,13-16,20H,4-5,8-12,17-19H2,1-3H3,(H,34,35,39)/t20-/m1/s1. The molecule has 2 saturated heterocycles. The molecule has 0 saturated carbocycles. The first-order valence-electron chi connectivity index (χ1n) is 15.0. The second-order valence-corrected chi connectivity index (χ2v) is 14.9. The molecule has 12 heteroatoms. The average Bonchev–Trinajstić information content (AvgIpc) is 3.49. The van der Waals surface area contributed by atoms with Gasteiger partial charge in [-0.05, 0) is 68.9 Å². The number of aryl methyl sites for hydroxylation is 2. The molecule has 1 N–H and O–H groups in total. The Balaban J connectivity index is 1.26. The lowest BCUT2D eigenvalue weighted by atomic mass is 9.80. The van der Waals surface area contributed by atoms with Crippen molar-refractivity contribution in [3.8, 4) is 17.1 Å². The van der Waals surface area contributed by atoms with Crippen molar-refractivity contribution in [2.24, 2.45) is 22.7 Å². The third-order valence-electron chi connectivity index (χ3n) is 8.90. The molecule has 3 aliphatic rings. The molecule has 1 aromatic carbocycles. The van der Waals surface area contributed by atoms with Crippen molar-refractivity contribution in [2.45, 2.75) is 46.1 Å². The van der Waals surface area contributed by atoms with Gasteiger partial charge in [0.25, 0.3) is 5.91 Å². The summed E-state index contributed by atoms with van der Waals surface area (Å²) in [6, 6.07) is 9.28. The monoisotopic (exact) mass is 603 g/mol. The number of rotatable bonds is 1. The number of fused-ring (bicyclic) bond motifs is 7. The van der Waals surface area contributed by atoms with Crippen molar-refractivity contribution in [2.75, 3.05) is 36.6 Å². The number of carbonyl (C=O) groups is 1. The fourth-order valence-electron chi connectivity index (χ4n) is 6.28. The van der Waals surface area contributed by atoms with Gasteiger partial charge in [-0.2, -0.15) is 9.46 Å². The number of pyridine rings is 1. The van der Waals surface area contributed by atoms with Gasteiger partial charge >= 0.3 is 0 Å². The number of hydrogen-bond acceptors (Lipinski definition) is 8. The molecule has 3 aliphatic heterocycles. The van der Waals surface area contributed by atoms with Crippen LogP contribution in [-0.4, -0.2) is 65.8 Å². The van der Waals surface area contributed by atoms with E-state index in [2.05, 4.69) is 26.9 Å². The van der Waals surface area contributed by atoms with Crippen LogP contribution in [0.5, 0.6) is 5.88 Å². The Morgan fingerprint density at radius 2 is 1.95 bits per heavy atom. The van der Waals surface area contributed by atoms with E-state index >= 15 is 0 Å². The van der Waals surface area contributed by atoms with E-state index in [-0.39, 0.29) is 17.2 Å². The molecule has 1 spiro atoms. The second-order valence-electron chi connectivity index (χ2n) is 12.4. The number of anilines is 1. The maximum absolute atomic E-state index is 13.7. The van der Waals surface area contributed by atoms with Gasteiger partial charge in [-0.3, -0.25) is 15.1 Å². The normalized spacial score (nSPS) is 21.5. The van der Waals surface area contributed by atoms with E-state index in [9.17, 15) is 9.00 Å². The van der Waals surface area contributed by atoms with Gasteiger partial charge in [-0.15, -0.1) is 0 Å². The van der Waals surface area contributed by atoms with Gasteiger partial charge in [-0.1, -0.05) is 6.92 Å². The van der Waals surface area contributed by atoms with Crippen LogP contribution in [0.2, 0.25) is 0 Å². The average molecular weight is 604 g/mol. The smallest absolute Gasteiger partial charge is 0.258 e. The minimum Gasteiger partial charge on any atom is -0.477 e. The summed E-state index contributed by atoms with van der Waals surface area (Å²) in [4.78, 5) is 23.1. The van der Waals surface area contributed by atoms with E-state index < -0.39 is 9.73 Å². The molecular formula is C31H37N7O4S. The topological polar surface area (TPSA) is 126 Å². The molecule has 226 valence electrons. The second kappa shape index (κ2) is 10.7. The first-order valence-corrected chi connectivity index (χ1v) is 16.8. The van der Waals surface area contributed by atoms with Crippen molar-refractivity contribution in [1.82, 2.24) is 24.3 Å².